The van der Waals surface area contributed by atoms with Crippen molar-refractivity contribution in [3.8, 4) is 0 Å². The van der Waals surface area contributed by atoms with Crippen molar-refractivity contribution in [2.24, 2.45) is 0 Å². The normalized spacial score (nSPS) is 20.9. The van der Waals surface area contributed by atoms with E-state index in [1.165, 1.54) is 0 Å². The third-order valence-electron chi connectivity index (χ3n) is 5.26. The summed E-state index contributed by atoms with van der Waals surface area (Å²) in [7, 11) is 0. The Hall–Kier alpha value is -2.45. The molecule has 3 heterocycles. The molecule has 2 aromatic rings. The number of rotatable bonds is 6. The molecule has 4 amide bonds. The zero-order chi connectivity index (χ0) is 19.7. The number of fused-ring (bicyclic) bond motifs is 2. The van der Waals surface area contributed by atoms with Gasteiger partial charge in [0.05, 0.1) is 6.54 Å². The van der Waals surface area contributed by atoms with Crippen LogP contribution in [0.4, 0.5) is 4.79 Å². The quantitative estimate of drug-likeness (QED) is 0.582. The lowest BCUT2D eigenvalue weighted by Gasteiger charge is -2.31. The van der Waals surface area contributed by atoms with Crippen molar-refractivity contribution in [3.63, 3.8) is 0 Å². The molecule has 8 heteroatoms. The summed E-state index contributed by atoms with van der Waals surface area (Å²) in [6.07, 6.45) is 3.97. The molecule has 0 radical (unpaired) electrons. The molecule has 0 saturated carbocycles. The van der Waals surface area contributed by atoms with Crippen LogP contribution in [0, 0.1) is 0 Å². The fourth-order valence-electron chi connectivity index (χ4n) is 3.92. The topological polar surface area (TPSA) is 69.7 Å². The maximum atomic E-state index is 13.2. The van der Waals surface area contributed by atoms with Crippen molar-refractivity contribution < 1.29 is 14.4 Å². The third-order valence-corrected chi connectivity index (χ3v) is 7.10. The Morgan fingerprint density at radius 1 is 1.32 bits per heavy atom. The summed E-state index contributed by atoms with van der Waals surface area (Å²) in [5.41, 5.74) is -0.124. The van der Waals surface area contributed by atoms with E-state index in [2.05, 4.69) is 11.9 Å². The molecular weight excluding hydrogens is 394 g/mol. The van der Waals surface area contributed by atoms with Gasteiger partial charge in [0.1, 0.15) is 12.1 Å². The molecule has 1 aliphatic carbocycles. The Morgan fingerprint density at radius 3 is 2.93 bits per heavy atom. The van der Waals surface area contributed by atoms with Gasteiger partial charge in [0.2, 0.25) is 5.91 Å². The van der Waals surface area contributed by atoms with E-state index in [0.717, 1.165) is 33.1 Å². The molecule has 1 spiro atoms. The lowest BCUT2D eigenvalue weighted by atomic mass is 9.80. The maximum Gasteiger partial charge on any atom is 0.325 e. The minimum atomic E-state index is -1.01. The number of urea groups is 1. The molecule has 28 heavy (non-hydrogen) atoms. The second-order valence-electron chi connectivity index (χ2n) is 6.98. The predicted octanol–water partition coefficient (Wildman–Crippen LogP) is 3.11. The van der Waals surface area contributed by atoms with E-state index in [4.69, 9.17) is 0 Å². The van der Waals surface area contributed by atoms with Crippen LogP contribution < -0.4 is 5.32 Å². The van der Waals surface area contributed by atoms with Gasteiger partial charge in [0.25, 0.3) is 5.91 Å². The molecule has 0 aromatic carbocycles. The fraction of sp³-hybridized carbons (Fsp3) is 0.350. The van der Waals surface area contributed by atoms with Crippen molar-refractivity contribution >= 4 is 40.5 Å². The predicted molar refractivity (Wildman–Crippen MR) is 109 cm³/mol. The average Bonchev–Trinajstić information content (AvgIpc) is 3.40. The minimum Gasteiger partial charge on any atom is -0.332 e. The number of imide groups is 1. The molecule has 1 aliphatic heterocycles. The van der Waals surface area contributed by atoms with E-state index < -0.39 is 11.6 Å². The van der Waals surface area contributed by atoms with Gasteiger partial charge in [0.15, 0.2) is 0 Å². The smallest absolute Gasteiger partial charge is 0.325 e. The van der Waals surface area contributed by atoms with Gasteiger partial charge in [0, 0.05) is 21.9 Å². The van der Waals surface area contributed by atoms with E-state index >= 15 is 0 Å². The second kappa shape index (κ2) is 7.52. The maximum absolute atomic E-state index is 13.2. The zero-order valence-corrected chi connectivity index (χ0v) is 17.0. The largest absolute Gasteiger partial charge is 0.332 e. The van der Waals surface area contributed by atoms with E-state index in [1.54, 1.807) is 33.6 Å². The lowest BCUT2D eigenvalue weighted by molar-refractivity contribution is -0.139. The van der Waals surface area contributed by atoms with Gasteiger partial charge < -0.3 is 10.2 Å². The van der Waals surface area contributed by atoms with Gasteiger partial charge in [-0.25, -0.2) is 4.79 Å². The molecule has 2 aliphatic rings. The first-order chi connectivity index (χ1) is 13.5. The van der Waals surface area contributed by atoms with Crippen molar-refractivity contribution in [2.75, 3.05) is 13.1 Å². The number of hydrogen-bond acceptors (Lipinski definition) is 5. The first kappa shape index (κ1) is 18.9. The van der Waals surface area contributed by atoms with Gasteiger partial charge in [-0.3, -0.25) is 14.5 Å². The highest BCUT2D eigenvalue weighted by molar-refractivity contribution is 7.10. The van der Waals surface area contributed by atoms with Crippen LogP contribution in [0.1, 0.15) is 28.2 Å². The average molecular weight is 416 g/mol. The highest BCUT2D eigenvalue weighted by atomic mass is 32.1. The molecule has 1 N–H and O–H groups in total. The van der Waals surface area contributed by atoms with Crippen molar-refractivity contribution in [1.29, 1.82) is 0 Å². The van der Waals surface area contributed by atoms with Crippen molar-refractivity contribution in [3.05, 3.63) is 56.9 Å². The number of carbonyl (C=O) groups excluding carboxylic acids is 3. The summed E-state index contributed by atoms with van der Waals surface area (Å²) in [5, 5.41) is 6.80. The number of thiophene rings is 2. The Morgan fingerprint density at radius 2 is 2.18 bits per heavy atom. The van der Waals surface area contributed by atoms with Crippen LogP contribution in [0.2, 0.25) is 0 Å². The van der Waals surface area contributed by atoms with Crippen LogP contribution >= 0.6 is 22.7 Å². The third kappa shape index (κ3) is 3.16. The van der Waals surface area contributed by atoms with Crippen molar-refractivity contribution in [2.45, 2.75) is 31.3 Å². The van der Waals surface area contributed by atoms with Crippen LogP contribution in [-0.4, -0.2) is 40.7 Å². The molecule has 0 unspecified atom stereocenters. The number of hydrogen-bond donors (Lipinski definition) is 1. The monoisotopic (exact) mass is 415 g/mol. The number of nitrogens with one attached hydrogen (secondary N) is 1. The highest BCUT2D eigenvalue weighted by Gasteiger charge is 2.54. The molecule has 146 valence electrons. The summed E-state index contributed by atoms with van der Waals surface area (Å²) in [6, 6.07) is 5.31. The first-order valence-electron chi connectivity index (χ1n) is 9.17. The summed E-state index contributed by atoms with van der Waals surface area (Å²) in [4.78, 5) is 43.6. The zero-order valence-electron chi connectivity index (χ0n) is 15.3. The SMILES string of the molecule is C=CCN(Cc1cccs1)C(=O)CN1C(=O)N[C@]2(CCCc3sccc32)C1=O. The van der Waals surface area contributed by atoms with E-state index in [9.17, 15) is 14.4 Å². The Bertz CT molecular complexity index is 921. The molecule has 4 rings (SSSR count). The molecule has 1 fully saturated rings. The summed E-state index contributed by atoms with van der Waals surface area (Å²) in [6.45, 7) is 4.25. The van der Waals surface area contributed by atoms with Gasteiger partial charge in [-0.15, -0.1) is 29.3 Å². The number of amides is 4. The molecule has 1 saturated heterocycles. The van der Waals surface area contributed by atoms with Crippen molar-refractivity contribution in [1.82, 2.24) is 15.1 Å². The number of nitrogens with zero attached hydrogens (tertiary/aromatic N) is 2. The van der Waals surface area contributed by atoms with Gasteiger partial charge in [-0.2, -0.15) is 0 Å². The molecule has 1 atom stereocenters. The van der Waals surface area contributed by atoms with Crippen LogP contribution in [0.5, 0.6) is 0 Å². The minimum absolute atomic E-state index is 0.259. The molecule has 2 aromatic heterocycles. The Kier molecular flexibility index (Phi) is 5.07. The number of aryl methyl sites for hydroxylation is 1. The van der Waals surface area contributed by atoms with E-state index in [-0.39, 0.29) is 18.4 Å². The molecule has 0 bridgehead atoms. The molecular formula is C20H21N3O3S2. The van der Waals surface area contributed by atoms with Gasteiger partial charge in [-0.1, -0.05) is 12.1 Å². The Balaban J connectivity index is 1.53. The Labute approximate surface area is 171 Å². The van der Waals surface area contributed by atoms with E-state index in [0.29, 0.717) is 19.5 Å². The highest BCUT2D eigenvalue weighted by Crippen LogP contribution is 2.42. The van der Waals surface area contributed by atoms with Gasteiger partial charge in [-0.05, 0) is 42.2 Å². The first-order valence-corrected chi connectivity index (χ1v) is 10.9. The molecule has 6 nitrogen and oxygen atoms in total. The number of carbonyl (C=O) groups is 3. The standard InChI is InChI=1S/C20H21N3O3S2/c1-2-9-22(12-14-5-4-10-27-14)17(24)13-23-18(25)20(21-19(23)26)8-3-6-16-15(20)7-11-28-16/h2,4-5,7,10-11H,1,3,6,8-9,12-13H2,(H,21,26)/t20-/m0/s1. The van der Waals surface area contributed by atoms with E-state index in [1.807, 2.05) is 29.0 Å². The van der Waals surface area contributed by atoms with Crippen LogP contribution in [-0.2, 0) is 28.1 Å². The fourth-order valence-corrected chi connectivity index (χ4v) is 5.64. The summed E-state index contributed by atoms with van der Waals surface area (Å²) < 4.78 is 0. The summed E-state index contributed by atoms with van der Waals surface area (Å²) in [5.74, 6) is -0.588. The lowest BCUT2D eigenvalue weighted by Crippen LogP contribution is -2.47. The second-order valence-corrected chi connectivity index (χ2v) is 9.01. The van der Waals surface area contributed by atoms with Crippen LogP contribution in [0.3, 0.4) is 0 Å². The van der Waals surface area contributed by atoms with Crippen LogP contribution in [0.25, 0.3) is 0 Å². The van der Waals surface area contributed by atoms with Crippen LogP contribution in [0.15, 0.2) is 41.6 Å². The summed E-state index contributed by atoms with van der Waals surface area (Å²) >= 11 is 3.17. The van der Waals surface area contributed by atoms with Gasteiger partial charge >= 0.3 is 6.03 Å².